The first-order valence-electron chi connectivity index (χ1n) is 5.80. The maximum atomic E-state index is 11.9. The summed E-state index contributed by atoms with van der Waals surface area (Å²) in [6.07, 6.45) is 3.38. The molecule has 90 valence electrons. The highest BCUT2D eigenvalue weighted by Gasteiger charge is 2.00. The Morgan fingerprint density at radius 3 is 2.50 bits per heavy atom. The Bertz CT molecular complexity index is 582. The zero-order valence-electron chi connectivity index (χ0n) is 10.3. The second-order valence-corrected chi connectivity index (χ2v) is 4.23. The summed E-state index contributed by atoms with van der Waals surface area (Å²) in [5, 5.41) is 0. The second kappa shape index (κ2) is 5.32. The summed E-state index contributed by atoms with van der Waals surface area (Å²) >= 11 is 0. The average molecular weight is 237 g/mol. The molecule has 0 aliphatic carbocycles. The third-order valence-corrected chi connectivity index (χ3v) is 2.67. The van der Waals surface area contributed by atoms with Gasteiger partial charge in [0.05, 0.1) is 0 Å². The van der Waals surface area contributed by atoms with Crippen molar-refractivity contribution in [1.29, 1.82) is 0 Å². The Kier molecular flexibility index (Phi) is 3.58. The Morgan fingerprint density at radius 2 is 1.83 bits per heavy atom. The lowest BCUT2D eigenvalue weighted by molar-refractivity contribution is 0.104. The monoisotopic (exact) mass is 237 g/mol. The summed E-state index contributed by atoms with van der Waals surface area (Å²) in [4.78, 5) is 11.9. The lowest BCUT2D eigenvalue weighted by Crippen LogP contribution is -1.94. The van der Waals surface area contributed by atoms with Gasteiger partial charge in [-0.3, -0.25) is 4.79 Å². The number of hydrogen-bond acceptors (Lipinski definition) is 2. The Morgan fingerprint density at radius 1 is 1.11 bits per heavy atom. The first kappa shape index (κ1) is 12.1. The van der Waals surface area contributed by atoms with Gasteiger partial charge in [0, 0.05) is 11.3 Å². The molecule has 0 atom stereocenters. The predicted octanol–water partition coefficient (Wildman–Crippen LogP) is 3.47. The minimum atomic E-state index is 0.00975. The molecule has 2 aromatic rings. The van der Waals surface area contributed by atoms with Crippen LogP contribution in [0.5, 0.6) is 0 Å². The number of allylic oxidation sites excluding steroid dienone is 1. The van der Waals surface area contributed by atoms with E-state index in [1.807, 2.05) is 55.5 Å². The SMILES string of the molecule is Cc1cccc(C(=O)/C=C/c2ccc(N)cc2)c1. The van der Waals surface area contributed by atoms with E-state index in [-0.39, 0.29) is 5.78 Å². The first-order valence-corrected chi connectivity index (χ1v) is 5.80. The van der Waals surface area contributed by atoms with Crippen LogP contribution in [0.15, 0.2) is 54.6 Å². The zero-order chi connectivity index (χ0) is 13.0. The van der Waals surface area contributed by atoms with E-state index in [0.29, 0.717) is 5.56 Å². The molecule has 0 spiro atoms. The van der Waals surface area contributed by atoms with Crippen LogP contribution >= 0.6 is 0 Å². The number of benzene rings is 2. The maximum absolute atomic E-state index is 11.9. The average Bonchev–Trinajstić information content (AvgIpc) is 2.38. The standard InChI is InChI=1S/C16H15NO/c1-12-3-2-4-14(11-12)16(18)10-7-13-5-8-15(17)9-6-13/h2-11H,17H2,1H3/b10-7+. The largest absolute Gasteiger partial charge is 0.399 e. The van der Waals surface area contributed by atoms with E-state index in [1.54, 1.807) is 12.2 Å². The molecule has 0 bridgehead atoms. The van der Waals surface area contributed by atoms with Crippen molar-refractivity contribution < 1.29 is 4.79 Å². The van der Waals surface area contributed by atoms with Crippen molar-refractivity contribution in [3.05, 3.63) is 71.3 Å². The van der Waals surface area contributed by atoms with Crippen molar-refractivity contribution in [2.45, 2.75) is 6.92 Å². The molecule has 0 heterocycles. The van der Waals surface area contributed by atoms with Gasteiger partial charge in [0.2, 0.25) is 0 Å². The summed E-state index contributed by atoms with van der Waals surface area (Å²) in [6, 6.07) is 15.0. The third kappa shape index (κ3) is 3.08. The molecule has 0 aromatic heterocycles. The lowest BCUT2D eigenvalue weighted by Gasteiger charge is -1.98. The van der Waals surface area contributed by atoms with E-state index in [9.17, 15) is 4.79 Å². The molecule has 2 rings (SSSR count). The summed E-state index contributed by atoms with van der Waals surface area (Å²) in [6.45, 7) is 1.97. The van der Waals surface area contributed by atoms with Crippen molar-refractivity contribution in [2.75, 3.05) is 5.73 Å². The van der Waals surface area contributed by atoms with Crippen molar-refractivity contribution in [3.63, 3.8) is 0 Å². The fraction of sp³-hybridized carbons (Fsp3) is 0.0625. The van der Waals surface area contributed by atoms with Gasteiger partial charge in [-0.05, 0) is 36.8 Å². The van der Waals surface area contributed by atoms with Gasteiger partial charge in [0.25, 0.3) is 0 Å². The normalized spacial score (nSPS) is 10.7. The molecule has 2 nitrogen and oxygen atoms in total. The summed E-state index contributed by atoms with van der Waals surface area (Å²) in [7, 11) is 0. The van der Waals surface area contributed by atoms with Crippen molar-refractivity contribution in [3.8, 4) is 0 Å². The molecule has 0 saturated heterocycles. The Labute approximate surface area is 107 Å². The van der Waals surface area contributed by atoms with Crippen LogP contribution in [0.3, 0.4) is 0 Å². The molecule has 0 unspecified atom stereocenters. The van der Waals surface area contributed by atoms with Gasteiger partial charge in [-0.1, -0.05) is 42.0 Å². The molecule has 0 fully saturated rings. The quantitative estimate of drug-likeness (QED) is 0.504. The number of carbonyl (C=O) groups is 1. The summed E-state index contributed by atoms with van der Waals surface area (Å²) in [5.74, 6) is 0.00975. The number of nitrogen functional groups attached to an aromatic ring is 1. The molecular formula is C16H15NO. The van der Waals surface area contributed by atoms with Crippen molar-refractivity contribution >= 4 is 17.5 Å². The van der Waals surface area contributed by atoms with Gasteiger partial charge in [-0.2, -0.15) is 0 Å². The molecular weight excluding hydrogens is 222 g/mol. The second-order valence-electron chi connectivity index (χ2n) is 4.23. The Hall–Kier alpha value is -2.35. The van der Waals surface area contributed by atoms with Crippen LogP contribution in [0.2, 0.25) is 0 Å². The van der Waals surface area contributed by atoms with Crippen LogP contribution in [-0.4, -0.2) is 5.78 Å². The van der Waals surface area contributed by atoms with Crippen molar-refractivity contribution in [2.24, 2.45) is 0 Å². The molecule has 0 radical (unpaired) electrons. The van der Waals surface area contributed by atoms with Crippen LogP contribution < -0.4 is 5.73 Å². The van der Waals surface area contributed by atoms with Gasteiger partial charge in [0.1, 0.15) is 0 Å². The van der Waals surface area contributed by atoms with Crippen LogP contribution in [0, 0.1) is 6.92 Å². The predicted molar refractivity (Wildman–Crippen MR) is 75.4 cm³/mol. The number of carbonyl (C=O) groups excluding carboxylic acids is 1. The van der Waals surface area contributed by atoms with Gasteiger partial charge >= 0.3 is 0 Å². The van der Waals surface area contributed by atoms with Gasteiger partial charge in [0.15, 0.2) is 5.78 Å². The molecule has 0 aliphatic heterocycles. The topological polar surface area (TPSA) is 43.1 Å². The molecule has 2 aromatic carbocycles. The van der Waals surface area contributed by atoms with Crippen LogP contribution in [-0.2, 0) is 0 Å². The van der Waals surface area contributed by atoms with E-state index in [0.717, 1.165) is 16.8 Å². The fourth-order valence-corrected chi connectivity index (χ4v) is 1.67. The van der Waals surface area contributed by atoms with E-state index >= 15 is 0 Å². The number of hydrogen-bond donors (Lipinski definition) is 1. The number of anilines is 1. The first-order chi connectivity index (χ1) is 8.65. The smallest absolute Gasteiger partial charge is 0.185 e. The maximum Gasteiger partial charge on any atom is 0.185 e. The molecule has 2 heteroatoms. The van der Waals surface area contributed by atoms with E-state index < -0.39 is 0 Å². The molecule has 18 heavy (non-hydrogen) atoms. The highest BCUT2D eigenvalue weighted by atomic mass is 16.1. The van der Waals surface area contributed by atoms with Crippen LogP contribution in [0.25, 0.3) is 6.08 Å². The van der Waals surface area contributed by atoms with E-state index in [4.69, 9.17) is 5.73 Å². The number of aryl methyl sites for hydroxylation is 1. The highest BCUT2D eigenvalue weighted by Crippen LogP contribution is 2.09. The van der Waals surface area contributed by atoms with E-state index in [1.165, 1.54) is 0 Å². The van der Waals surface area contributed by atoms with Gasteiger partial charge in [-0.15, -0.1) is 0 Å². The Balaban J connectivity index is 2.14. The zero-order valence-corrected chi connectivity index (χ0v) is 10.3. The number of rotatable bonds is 3. The molecule has 0 saturated carbocycles. The van der Waals surface area contributed by atoms with Gasteiger partial charge < -0.3 is 5.73 Å². The van der Waals surface area contributed by atoms with Crippen molar-refractivity contribution in [1.82, 2.24) is 0 Å². The number of ketones is 1. The number of nitrogens with two attached hydrogens (primary N) is 1. The molecule has 0 aliphatic rings. The summed E-state index contributed by atoms with van der Waals surface area (Å²) < 4.78 is 0. The fourth-order valence-electron chi connectivity index (χ4n) is 1.67. The molecule has 0 amide bonds. The minimum absolute atomic E-state index is 0.00975. The lowest BCUT2D eigenvalue weighted by atomic mass is 10.1. The third-order valence-electron chi connectivity index (χ3n) is 2.67. The van der Waals surface area contributed by atoms with Gasteiger partial charge in [-0.25, -0.2) is 0 Å². The summed E-state index contributed by atoms with van der Waals surface area (Å²) in [5.41, 5.74) is 9.08. The highest BCUT2D eigenvalue weighted by molar-refractivity contribution is 6.06. The van der Waals surface area contributed by atoms with Crippen LogP contribution in [0.1, 0.15) is 21.5 Å². The molecule has 2 N–H and O–H groups in total. The van der Waals surface area contributed by atoms with E-state index in [2.05, 4.69) is 0 Å². The van der Waals surface area contributed by atoms with Crippen LogP contribution in [0.4, 0.5) is 5.69 Å². The minimum Gasteiger partial charge on any atom is -0.399 e.